The van der Waals surface area contributed by atoms with Crippen molar-refractivity contribution in [2.24, 2.45) is 0 Å². The molecule has 10 nitrogen and oxygen atoms in total. The molecule has 2 rings (SSSR count). The minimum absolute atomic E-state index is 0.0840. The molecule has 0 bridgehead atoms. The van der Waals surface area contributed by atoms with Crippen molar-refractivity contribution in [1.82, 2.24) is 5.32 Å². The Bertz CT molecular complexity index is 1240. The number of hydrogen-bond donors (Lipinski definition) is 3. The number of unbranched alkanes of at least 4 members (excludes halogenated alkanes) is 24. The molecule has 1 saturated heterocycles. The third-order valence-corrected chi connectivity index (χ3v) is 13.6. The molecule has 1 amide bonds. The summed E-state index contributed by atoms with van der Waals surface area (Å²) >= 11 is 0. The van der Waals surface area contributed by atoms with Crippen LogP contribution in [-0.4, -0.2) is 105 Å². The van der Waals surface area contributed by atoms with Gasteiger partial charge < -0.3 is 44.0 Å². The van der Waals surface area contributed by atoms with Gasteiger partial charge in [0.1, 0.15) is 30.5 Å². The second kappa shape index (κ2) is 44.1. The topological polar surface area (TPSA) is 125 Å². The molecule has 0 aliphatic carbocycles. The van der Waals surface area contributed by atoms with Gasteiger partial charge in [-0.05, 0) is 50.5 Å². The van der Waals surface area contributed by atoms with Crippen LogP contribution in [-0.2, 0) is 39.6 Å². The Kier molecular flexibility index (Phi) is 40.5. The lowest BCUT2D eigenvalue weighted by molar-refractivity contribution is -0.325. The first-order chi connectivity index (χ1) is 33.4. The number of aryl methyl sites for hydroxylation is 1. The van der Waals surface area contributed by atoms with Gasteiger partial charge in [0.15, 0.2) is 6.29 Å². The number of carbonyl (C=O) groups is 1. The van der Waals surface area contributed by atoms with Gasteiger partial charge in [-0.1, -0.05) is 219 Å². The van der Waals surface area contributed by atoms with Crippen LogP contribution in [0.1, 0.15) is 239 Å². The molecule has 1 aliphatic rings. The molecule has 8 atom stereocenters. The standard InChI is InChI=1S/C58H107NO9/c1-6-11-16-17-18-19-20-21-22-23-24-25-26-27-28-29-30-31-32-33-37-40-53(61)59-50(54(62)51(60)42-41-49-38-35-34-36-39-49)47-67-58-57(66-46-15-10-5)56(65-45-14-9-4)55(64-44-13-8-3)52(68-58)48-63-43-12-7-2/h34-36,38-39,50-52,54-58,60,62H,6-33,37,40-48H2,1-5H3,(H,59,61)/t50-,51+,52?,54-,55?,56?,57?,58?/m0/s1. The van der Waals surface area contributed by atoms with E-state index in [-0.39, 0.29) is 12.5 Å². The predicted octanol–water partition coefficient (Wildman–Crippen LogP) is 13.5. The third-order valence-electron chi connectivity index (χ3n) is 13.6. The normalized spacial score (nSPS) is 19.8. The van der Waals surface area contributed by atoms with E-state index in [4.69, 9.17) is 28.4 Å². The van der Waals surface area contributed by atoms with Crippen molar-refractivity contribution < 1.29 is 43.4 Å². The van der Waals surface area contributed by atoms with Crippen LogP contribution in [0.15, 0.2) is 30.3 Å². The summed E-state index contributed by atoms with van der Waals surface area (Å²) in [7, 11) is 0. The van der Waals surface area contributed by atoms with Crippen molar-refractivity contribution in [3.8, 4) is 0 Å². The molecule has 3 N–H and O–H groups in total. The smallest absolute Gasteiger partial charge is 0.220 e. The van der Waals surface area contributed by atoms with Crippen LogP contribution in [0.5, 0.6) is 0 Å². The van der Waals surface area contributed by atoms with Gasteiger partial charge in [-0.3, -0.25) is 4.79 Å². The van der Waals surface area contributed by atoms with Crippen molar-refractivity contribution in [1.29, 1.82) is 0 Å². The van der Waals surface area contributed by atoms with E-state index in [1.54, 1.807) is 0 Å². The first-order valence-electron chi connectivity index (χ1n) is 28.8. The van der Waals surface area contributed by atoms with Crippen molar-refractivity contribution in [2.45, 2.75) is 289 Å². The monoisotopic (exact) mass is 962 g/mol. The minimum Gasteiger partial charge on any atom is -0.390 e. The third kappa shape index (κ3) is 30.3. The molecule has 0 aromatic heterocycles. The first-order valence-corrected chi connectivity index (χ1v) is 28.8. The molecule has 1 aromatic rings. The van der Waals surface area contributed by atoms with Gasteiger partial charge in [-0.15, -0.1) is 0 Å². The van der Waals surface area contributed by atoms with Gasteiger partial charge in [0.2, 0.25) is 5.91 Å². The molecule has 1 heterocycles. The Hall–Kier alpha value is -1.63. The largest absolute Gasteiger partial charge is 0.390 e. The number of nitrogens with one attached hydrogen (secondary N) is 1. The molecule has 0 radical (unpaired) electrons. The van der Waals surface area contributed by atoms with Crippen LogP contribution in [0.3, 0.4) is 0 Å². The van der Waals surface area contributed by atoms with Crippen LogP contribution >= 0.6 is 0 Å². The Morgan fingerprint density at radius 3 is 1.49 bits per heavy atom. The predicted molar refractivity (Wildman–Crippen MR) is 280 cm³/mol. The van der Waals surface area contributed by atoms with Crippen LogP contribution < -0.4 is 5.32 Å². The van der Waals surface area contributed by atoms with E-state index >= 15 is 0 Å². The highest BCUT2D eigenvalue weighted by atomic mass is 16.7. The van der Waals surface area contributed by atoms with Gasteiger partial charge in [0, 0.05) is 32.8 Å². The summed E-state index contributed by atoms with van der Waals surface area (Å²) in [5, 5.41) is 26.2. The fraction of sp³-hybridized carbons (Fsp3) is 0.879. The van der Waals surface area contributed by atoms with Crippen molar-refractivity contribution in [3.05, 3.63) is 35.9 Å². The van der Waals surface area contributed by atoms with Crippen molar-refractivity contribution >= 4 is 5.91 Å². The summed E-state index contributed by atoms with van der Waals surface area (Å²) in [6.07, 6.45) is 31.2. The van der Waals surface area contributed by atoms with E-state index in [0.29, 0.717) is 52.3 Å². The maximum Gasteiger partial charge on any atom is 0.220 e. The number of ether oxygens (including phenoxy) is 6. The minimum atomic E-state index is -1.26. The second-order valence-electron chi connectivity index (χ2n) is 19.9. The van der Waals surface area contributed by atoms with Crippen molar-refractivity contribution in [2.75, 3.05) is 39.6 Å². The molecule has 1 fully saturated rings. The summed E-state index contributed by atoms with van der Waals surface area (Å²) < 4.78 is 39.3. The fourth-order valence-electron chi connectivity index (χ4n) is 9.07. The molecule has 398 valence electrons. The van der Waals surface area contributed by atoms with E-state index in [1.165, 1.54) is 116 Å². The van der Waals surface area contributed by atoms with Crippen LogP contribution in [0.2, 0.25) is 0 Å². The fourth-order valence-corrected chi connectivity index (χ4v) is 9.07. The van der Waals surface area contributed by atoms with E-state index < -0.39 is 49.0 Å². The summed E-state index contributed by atoms with van der Waals surface area (Å²) in [5.41, 5.74) is 1.07. The average Bonchev–Trinajstić information content (AvgIpc) is 3.35. The average molecular weight is 962 g/mol. The van der Waals surface area contributed by atoms with Crippen LogP contribution in [0.4, 0.5) is 0 Å². The molecular weight excluding hydrogens is 855 g/mol. The molecule has 10 heteroatoms. The SMILES string of the molecule is CCCCCCCCCCCCCCCCCCCCCCCC(=O)N[C@@H](COC1OC(COCCCC)C(OCCCC)C(OCCCC)C1OCCCC)[C@H](O)[C@H](O)CCc1ccccc1. The highest BCUT2D eigenvalue weighted by Gasteiger charge is 2.49. The Labute approximate surface area is 417 Å². The Morgan fingerprint density at radius 2 is 0.985 bits per heavy atom. The van der Waals surface area contributed by atoms with Crippen LogP contribution in [0, 0.1) is 0 Å². The number of benzene rings is 1. The Morgan fingerprint density at radius 1 is 0.544 bits per heavy atom. The van der Waals surface area contributed by atoms with Gasteiger partial charge in [0.05, 0.1) is 25.4 Å². The molecular formula is C58H107NO9. The lowest BCUT2D eigenvalue weighted by Gasteiger charge is -2.46. The molecule has 0 saturated carbocycles. The number of carbonyl (C=O) groups excluding carboxylic acids is 1. The van der Waals surface area contributed by atoms with E-state index in [9.17, 15) is 15.0 Å². The quantitative estimate of drug-likeness (QED) is 0.0548. The summed E-state index contributed by atoms with van der Waals surface area (Å²) in [6, 6.07) is 9.07. The first kappa shape index (κ1) is 62.5. The number of amides is 1. The van der Waals surface area contributed by atoms with E-state index in [2.05, 4.69) is 39.9 Å². The van der Waals surface area contributed by atoms with Gasteiger partial charge in [-0.25, -0.2) is 0 Å². The van der Waals surface area contributed by atoms with Crippen molar-refractivity contribution in [3.63, 3.8) is 0 Å². The molecule has 68 heavy (non-hydrogen) atoms. The number of aliphatic hydroxyl groups excluding tert-OH is 2. The van der Waals surface area contributed by atoms with Gasteiger partial charge in [0.25, 0.3) is 0 Å². The summed E-state index contributed by atoms with van der Waals surface area (Å²) in [6.45, 7) is 13.3. The highest BCUT2D eigenvalue weighted by molar-refractivity contribution is 5.76. The molecule has 0 spiro atoms. The molecule has 1 aromatic carbocycles. The maximum atomic E-state index is 13.6. The number of rotatable bonds is 48. The lowest BCUT2D eigenvalue weighted by atomic mass is 9.97. The summed E-state index contributed by atoms with van der Waals surface area (Å²) in [5.74, 6) is -0.154. The van der Waals surface area contributed by atoms with Crippen LogP contribution in [0.25, 0.3) is 0 Å². The summed E-state index contributed by atoms with van der Waals surface area (Å²) in [4.78, 5) is 13.6. The Balaban J connectivity index is 1.96. The lowest BCUT2D eigenvalue weighted by Crippen LogP contribution is -2.63. The van der Waals surface area contributed by atoms with E-state index in [0.717, 1.165) is 76.2 Å². The van der Waals surface area contributed by atoms with Gasteiger partial charge >= 0.3 is 0 Å². The zero-order valence-electron chi connectivity index (χ0n) is 44.6. The second-order valence-corrected chi connectivity index (χ2v) is 19.9. The highest BCUT2D eigenvalue weighted by Crippen LogP contribution is 2.31. The molecule has 5 unspecified atom stereocenters. The van der Waals surface area contributed by atoms with Gasteiger partial charge in [-0.2, -0.15) is 0 Å². The molecule has 1 aliphatic heterocycles. The number of aliphatic hydroxyl groups is 2. The zero-order valence-corrected chi connectivity index (χ0v) is 44.6. The zero-order chi connectivity index (χ0) is 49.1. The maximum absolute atomic E-state index is 13.6. The number of hydrogen-bond acceptors (Lipinski definition) is 9. The van der Waals surface area contributed by atoms with E-state index in [1.807, 2.05) is 30.3 Å².